The molecule has 1 heterocycles. The zero-order valence-electron chi connectivity index (χ0n) is 16.8. The molecule has 1 amide bonds. The predicted octanol–water partition coefficient (Wildman–Crippen LogP) is 4.27. The Balaban J connectivity index is 1.53. The zero-order chi connectivity index (χ0) is 20.3. The highest BCUT2D eigenvalue weighted by Crippen LogP contribution is 2.29. The minimum atomic E-state index is -0.132. The summed E-state index contributed by atoms with van der Waals surface area (Å²) in [6, 6.07) is 6.05. The van der Waals surface area contributed by atoms with Crippen molar-refractivity contribution in [3.05, 3.63) is 38.8 Å². The topological polar surface area (TPSA) is 87.9 Å². The number of aromatic nitrogens is 2. The number of nitriles is 1. The predicted molar refractivity (Wildman–Crippen MR) is 109 cm³/mol. The Morgan fingerprint density at radius 3 is 2.54 bits per heavy atom. The van der Waals surface area contributed by atoms with Crippen LogP contribution in [0.2, 0.25) is 0 Å². The van der Waals surface area contributed by atoms with Crippen LogP contribution >= 0.6 is 11.3 Å². The first-order valence-electron chi connectivity index (χ1n) is 9.70. The Bertz CT molecular complexity index is 892. The van der Waals surface area contributed by atoms with Crippen molar-refractivity contribution in [2.75, 3.05) is 0 Å². The number of benzene rings is 1. The van der Waals surface area contributed by atoms with Crippen LogP contribution in [0, 0.1) is 25.2 Å². The molecule has 148 valence electrons. The molecule has 6 nitrogen and oxygen atoms in total. The van der Waals surface area contributed by atoms with E-state index in [4.69, 9.17) is 10.00 Å². The Labute approximate surface area is 169 Å². The number of rotatable bonds is 5. The highest BCUT2D eigenvalue weighted by Gasteiger charge is 2.26. The fourth-order valence-corrected chi connectivity index (χ4v) is 4.10. The quantitative estimate of drug-likeness (QED) is 0.812. The minimum Gasteiger partial charge on any atom is -0.490 e. The summed E-state index contributed by atoms with van der Waals surface area (Å²) in [7, 11) is 0. The number of nitrogens with zero attached hydrogens (tertiary/aromatic N) is 3. The van der Waals surface area contributed by atoms with Crippen molar-refractivity contribution in [2.24, 2.45) is 0 Å². The van der Waals surface area contributed by atoms with Crippen LogP contribution in [-0.2, 0) is 0 Å². The average molecular weight is 399 g/mol. The van der Waals surface area contributed by atoms with Crippen LogP contribution in [0.15, 0.2) is 12.1 Å². The second-order valence-electron chi connectivity index (χ2n) is 7.64. The Morgan fingerprint density at radius 2 is 1.93 bits per heavy atom. The van der Waals surface area contributed by atoms with Crippen molar-refractivity contribution >= 4 is 17.2 Å². The lowest BCUT2D eigenvalue weighted by Crippen LogP contribution is -2.39. The van der Waals surface area contributed by atoms with Crippen molar-refractivity contribution in [2.45, 2.75) is 71.4 Å². The number of amides is 1. The van der Waals surface area contributed by atoms with Crippen LogP contribution < -0.4 is 10.1 Å². The Hall–Kier alpha value is -2.46. The first kappa shape index (κ1) is 20.3. The van der Waals surface area contributed by atoms with E-state index in [0.29, 0.717) is 10.6 Å². The molecule has 1 aromatic carbocycles. The van der Waals surface area contributed by atoms with E-state index in [1.807, 2.05) is 39.8 Å². The number of hydrogen-bond acceptors (Lipinski definition) is 6. The Morgan fingerprint density at radius 1 is 1.21 bits per heavy atom. The summed E-state index contributed by atoms with van der Waals surface area (Å²) >= 11 is 1.36. The van der Waals surface area contributed by atoms with Gasteiger partial charge in [0, 0.05) is 12.0 Å². The molecular weight excluding hydrogens is 372 g/mol. The maximum absolute atomic E-state index is 12.4. The number of nitrogens with one attached hydrogen (secondary N) is 1. The third-order valence-electron chi connectivity index (χ3n) is 5.29. The minimum absolute atomic E-state index is 0.132. The average Bonchev–Trinajstić information content (AvgIpc) is 3.18. The molecule has 0 unspecified atom stereocenters. The van der Waals surface area contributed by atoms with E-state index in [-0.39, 0.29) is 24.0 Å². The molecule has 1 aliphatic rings. The fourth-order valence-electron chi connectivity index (χ4n) is 3.36. The van der Waals surface area contributed by atoms with Crippen molar-refractivity contribution < 1.29 is 9.53 Å². The van der Waals surface area contributed by atoms with E-state index < -0.39 is 0 Å². The lowest BCUT2D eigenvalue weighted by Gasteiger charge is -2.30. The van der Waals surface area contributed by atoms with Crippen LogP contribution in [0.25, 0.3) is 0 Å². The van der Waals surface area contributed by atoms with Gasteiger partial charge in [0.25, 0.3) is 5.91 Å². The van der Waals surface area contributed by atoms with Crippen molar-refractivity contribution in [3.8, 4) is 11.8 Å². The molecule has 1 fully saturated rings. The lowest BCUT2D eigenvalue weighted by atomic mass is 9.92. The number of carbonyl (C=O) groups excluding carboxylic acids is 1. The summed E-state index contributed by atoms with van der Waals surface area (Å²) in [4.78, 5) is 12.4. The van der Waals surface area contributed by atoms with E-state index in [1.54, 1.807) is 0 Å². The standard InChI is InChI=1S/C21H26N4O2S/c1-12(2)20-24-25-21(28-20)19(26)23-16-6-8-17(9-7-16)27-18-10-5-15(11-22)13(3)14(18)4/h5,10,12,16-17H,6-9H2,1-4H3,(H,23,26). The molecule has 1 saturated carbocycles. The van der Waals surface area contributed by atoms with Crippen molar-refractivity contribution in [1.29, 1.82) is 5.26 Å². The van der Waals surface area contributed by atoms with Gasteiger partial charge in [0.15, 0.2) is 0 Å². The molecule has 2 aromatic rings. The van der Waals surface area contributed by atoms with Gasteiger partial charge in [-0.1, -0.05) is 25.2 Å². The lowest BCUT2D eigenvalue weighted by molar-refractivity contribution is 0.0892. The van der Waals surface area contributed by atoms with Crippen LogP contribution in [0.5, 0.6) is 5.75 Å². The molecule has 7 heteroatoms. The SMILES string of the molecule is Cc1c(C#N)ccc(OC2CCC(NC(=O)c3nnc(C(C)C)s3)CC2)c1C. The summed E-state index contributed by atoms with van der Waals surface area (Å²) in [6.45, 7) is 8.03. The first-order valence-corrected chi connectivity index (χ1v) is 10.5. The van der Waals surface area contributed by atoms with Gasteiger partial charge in [-0.3, -0.25) is 4.79 Å². The fraction of sp³-hybridized carbons (Fsp3) is 0.524. The molecule has 0 aliphatic heterocycles. The van der Waals surface area contributed by atoms with Gasteiger partial charge in [0.1, 0.15) is 10.8 Å². The van der Waals surface area contributed by atoms with Crippen molar-refractivity contribution in [3.63, 3.8) is 0 Å². The maximum Gasteiger partial charge on any atom is 0.282 e. The van der Waals surface area contributed by atoms with Gasteiger partial charge in [0.2, 0.25) is 5.01 Å². The number of hydrogen-bond donors (Lipinski definition) is 1. The molecule has 1 N–H and O–H groups in total. The summed E-state index contributed by atoms with van der Waals surface area (Å²) < 4.78 is 6.19. The summed E-state index contributed by atoms with van der Waals surface area (Å²) in [5, 5.41) is 21.6. The highest BCUT2D eigenvalue weighted by atomic mass is 32.1. The van der Waals surface area contributed by atoms with Crippen molar-refractivity contribution in [1.82, 2.24) is 15.5 Å². The molecule has 1 aliphatic carbocycles. The molecule has 0 atom stereocenters. The molecule has 28 heavy (non-hydrogen) atoms. The first-order chi connectivity index (χ1) is 13.4. The van der Waals surface area contributed by atoms with E-state index in [9.17, 15) is 4.79 Å². The van der Waals surface area contributed by atoms with Crippen LogP contribution in [0.3, 0.4) is 0 Å². The normalized spacial score (nSPS) is 19.3. The molecular formula is C21H26N4O2S. The molecule has 1 aromatic heterocycles. The number of ether oxygens (including phenoxy) is 1. The summed E-state index contributed by atoms with van der Waals surface area (Å²) in [6.07, 6.45) is 3.66. The largest absolute Gasteiger partial charge is 0.490 e. The smallest absolute Gasteiger partial charge is 0.282 e. The highest BCUT2D eigenvalue weighted by molar-refractivity contribution is 7.13. The maximum atomic E-state index is 12.4. The van der Waals surface area contributed by atoms with E-state index in [2.05, 4.69) is 21.6 Å². The molecule has 0 bridgehead atoms. The van der Waals surface area contributed by atoms with Gasteiger partial charge in [-0.15, -0.1) is 10.2 Å². The molecule has 0 saturated heterocycles. The van der Waals surface area contributed by atoms with Gasteiger partial charge in [-0.2, -0.15) is 5.26 Å². The molecule has 3 rings (SSSR count). The second-order valence-corrected chi connectivity index (χ2v) is 8.65. The molecule has 0 spiro atoms. The van der Waals surface area contributed by atoms with Crippen LogP contribution in [0.1, 0.15) is 76.9 Å². The summed E-state index contributed by atoms with van der Waals surface area (Å²) in [5.74, 6) is 0.993. The van der Waals surface area contributed by atoms with Crippen LogP contribution in [-0.4, -0.2) is 28.3 Å². The van der Waals surface area contributed by atoms with Gasteiger partial charge in [-0.05, 0) is 62.8 Å². The second kappa shape index (κ2) is 8.70. The van der Waals surface area contributed by atoms with Gasteiger partial charge < -0.3 is 10.1 Å². The van der Waals surface area contributed by atoms with E-state index >= 15 is 0 Å². The molecule has 0 radical (unpaired) electrons. The zero-order valence-corrected chi connectivity index (χ0v) is 17.6. The summed E-state index contributed by atoms with van der Waals surface area (Å²) in [5.41, 5.74) is 2.68. The monoisotopic (exact) mass is 398 g/mol. The Kier molecular flexibility index (Phi) is 6.30. The third kappa shape index (κ3) is 4.50. The van der Waals surface area contributed by atoms with Gasteiger partial charge in [-0.25, -0.2) is 0 Å². The van der Waals surface area contributed by atoms with E-state index in [1.165, 1.54) is 11.3 Å². The number of carbonyl (C=O) groups is 1. The van der Waals surface area contributed by atoms with Crippen LogP contribution in [0.4, 0.5) is 0 Å². The van der Waals surface area contributed by atoms with Gasteiger partial charge in [0.05, 0.1) is 17.7 Å². The van der Waals surface area contributed by atoms with Gasteiger partial charge >= 0.3 is 0 Å². The third-order valence-corrected chi connectivity index (χ3v) is 6.51. The van der Waals surface area contributed by atoms with E-state index in [0.717, 1.165) is 47.6 Å².